The quantitative estimate of drug-likeness (QED) is 0.677. The molecule has 2 aromatic rings. The van der Waals surface area contributed by atoms with E-state index in [1.165, 1.54) is 27.8 Å². The zero-order valence-electron chi connectivity index (χ0n) is 12.8. The summed E-state index contributed by atoms with van der Waals surface area (Å²) in [5.74, 6) is 0.330. The van der Waals surface area contributed by atoms with E-state index in [1.807, 2.05) is 0 Å². The molecule has 2 aliphatic rings. The first kappa shape index (κ1) is 14.2. The minimum atomic E-state index is 0.214. The molecular formula is C19H19NOSe. The molecule has 0 spiro atoms. The van der Waals surface area contributed by atoms with Gasteiger partial charge in [0.15, 0.2) is 0 Å². The number of nitrogens with zero attached hydrogens (tertiary/aromatic N) is 1. The molecule has 22 heavy (non-hydrogen) atoms. The number of hydrogen-bond donors (Lipinski definition) is 0. The van der Waals surface area contributed by atoms with Crippen molar-refractivity contribution in [1.82, 2.24) is 4.90 Å². The number of Topliss-reactive ketones (excluding diaryl/α,β-unsaturated/α-hetero) is 1. The van der Waals surface area contributed by atoms with Crippen LogP contribution in [0.3, 0.4) is 0 Å². The SMILES string of the molecule is CN1CCC(=C2c3ccccc3CC(=O)c3[se]ccc32)CC1. The van der Waals surface area contributed by atoms with Crippen LogP contribution in [0.1, 0.15) is 38.8 Å². The molecule has 0 N–H and O–H groups in total. The number of likely N-dealkylation sites (tertiary alicyclic amines) is 1. The average molecular weight is 356 g/mol. The van der Waals surface area contributed by atoms with Crippen molar-refractivity contribution in [3.8, 4) is 0 Å². The van der Waals surface area contributed by atoms with Gasteiger partial charge in [-0.05, 0) is 0 Å². The molecule has 1 aromatic heterocycles. The molecule has 0 radical (unpaired) electrons. The van der Waals surface area contributed by atoms with Crippen molar-refractivity contribution in [3.05, 3.63) is 62.0 Å². The number of rotatable bonds is 0. The van der Waals surface area contributed by atoms with Crippen molar-refractivity contribution in [2.75, 3.05) is 20.1 Å². The monoisotopic (exact) mass is 357 g/mol. The Kier molecular flexibility index (Phi) is 3.65. The van der Waals surface area contributed by atoms with E-state index in [2.05, 4.69) is 47.2 Å². The summed E-state index contributed by atoms with van der Waals surface area (Å²) < 4.78 is 1.09. The Labute approximate surface area is 137 Å². The van der Waals surface area contributed by atoms with Crippen molar-refractivity contribution in [1.29, 1.82) is 0 Å². The Hall–Kier alpha value is -1.41. The molecule has 0 atom stereocenters. The number of carbonyl (C=O) groups is 1. The number of piperidine rings is 1. The minimum absolute atomic E-state index is 0.214. The molecule has 4 rings (SSSR count). The van der Waals surface area contributed by atoms with Gasteiger partial charge in [0, 0.05) is 0 Å². The van der Waals surface area contributed by atoms with E-state index < -0.39 is 0 Å². The molecule has 1 aliphatic carbocycles. The molecule has 2 nitrogen and oxygen atoms in total. The van der Waals surface area contributed by atoms with Crippen LogP contribution in [0, 0.1) is 0 Å². The molecule has 2 heterocycles. The molecule has 1 fully saturated rings. The van der Waals surface area contributed by atoms with E-state index in [1.54, 1.807) is 0 Å². The Bertz CT molecular complexity index is 761. The van der Waals surface area contributed by atoms with Gasteiger partial charge in [-0.3, -0.25) is 0 Å². The predicted molar refractivity (Wildman–Crippen MR) is 90.6 cm³/mol. The molecule has 0 amide bonds. The van der Waals surface area contributed by atoms with Crippen LogP contribution in [0.2, 0.25) is 0 Å². The maximum atomic E-state index is 12.6. The van der Waals surface area contributed by atoms with Crippen LogP contribution in [0.5, 0.6) is 0 Å². The van der Waals surface area contributed by atoms with Gasteiger partial charge in [-0.1, -0.05) is 0 Å². The van der Waals surface area contributed by atoms with Crippen molar-refractivity contribution >= 4 is 25.9 Å². The predicted octanol–water partition coefficient (Wildman–Crippen LogP) is 3.01. The summed E-state index contributed by atoms with van der Waals surface area (Å²) in [6.45, 7) is 2.23. The van der Waals surface area contributed by atoms with E-state index in [-0.39, 0.29) is 14.5 Å². The van der Waals surface area contributed by atoms with Crippen LogP contribution in [-0.2, 0) is 6.42 Å². The van der Waals surface area contributed by atoms with E-state index in [9.17, 15) is 4.79 Å². The standard InChI is InChI=1S/C19H19NOSe/c1-20-9-6-13(7-10-20)18-15-5-3-2-4-14(15)12-17(21)19-16(18)8-11-22-19/h2-5,8,11H,6-7,9-10,12H2,1H3. The Balaban J connectivity index is 1.96. The zero-order chi connectivity index (χ0) is 15.1. The summed E-state index contributed by atoms with van der Waals surface area (Å²) in [7, 11) is 2.19. The number of benzene rings is 1. The summed E-state index contributed by atoms with van der Waals surface area (Å²) in [4.78, 5) is 17.2. The number of ketones is 1. The van der Waals surface area contributed by atoms with E-state index in [0.717, 1.165) is 30.4 Å². The second-order valence-corrected chi connectivity index (χ2v) is 8.12. The fraction of sp³-hybridized carbons (Fsp3) is 0.316. The normalized spacial score (nSPS) is 18.9. The summed E-state index contributed by atoms with van der Waals surface area (Å²) in [5.41, 5.74) is 6.64. The third-order valence-corrected chi connectivity index (χ3v) is 6.77. The Morgan fingerprint density at radius 2 is 1.82 bits per heavy atom. The number of hydrogen-bond acceptors (Lipinski definition) is 2. The molecular weight excluding hydrogens is 337 g/mol. The van der Waals surface area contributed by atoms with Crippen LogP contribution in [-0.4, -0.2) is 45.3 Å². The van der Waals surface area contributed by atoms with Gasteiger partial charge in [0.1, 0.15) is 0 Å². The molecule has 1 saturated heterocycles. The summed E-state index contributed by atoms with van der Waals surface area (Å²) in [5, 5.41) is 0. The van der Waals surface area contributed by atoms with E-state index in [0.29, 0.717) is 12.2 Å². The topological polar surface area (TPSA) is 20.3 Å². The maximum absolute atomic E-state index is 12.6. The third-order valence-electron chi connectivity index (χ3n) is 4.77. The Morgan fingerprint density at radius 1 is 1.05 bits per heavy atom. The van der Waals surface area contributed by atoms with E-state index >= 15 is 0 Å². The molecule has 0 saturated carbocycles. The second-order valence-electron chi connectivity index (χ2n) is 6.20. The molecule has 112 valence electrons. The first-order valence-corrected chi connectivity index (χ1v) is 9.68. The second kappa shape index (κ2) is 5.66. The molecule has 1 aromatic carbocycles. The van der Waals surface area contributed by atoms with Crippen LogP contribution in [0.25, 0.3) is 5.57 Å². The molecule has 1 aliphatic heterocycles. The van der Waals surface area contributed by atoms with Crippen molar-refractivity contribution in [3.63, 3.8) is 0 Å². The first-order valence-electron chi connectivity index (χ1n) is 7.84. The fourth-order valence-corrected chi connectivity index (χ4v) is 5.32. The van der Waals surface area contributed by atoms with Crippen molar-refractivity contribution in [2.45, 2.75) is 19.3 Å². The first-order chi connectivity index (χ1) is 10.7. The van der Waals surface area contributed by atoms with Gasteiger partial charge in [0.25, 0.3) is 0 Å². The third kappa shape index (κ3) is 2.34. The van der Waals surface area contributed by atoms with Gasteiger partial charge in [-0.25, -0.2) is 0 Å². The molecule has 3 heteroatoms. The van der Waals surface area contributed by atoms with Gasteiger partial charge < -0.3 is 0 Å². The van der Waals surface area contributed by atoms with Gasteiger partial charge in [-0.2, -0.15) is 0 Å². The van der Waals surface area contributed by atoms with Crippen LogP contribution >= 0.6 is 0 Å². The van der Waals surface area contributed by atoms with E-state index in [4.69, 9.17) is 0 Å². The van der Waals surface area contributed by atoms with Crippen molar-refractivity contribution < 1.29 is 4.79 Å². The summed E-state index contributed by atoms with van der Waals surface area (Å²) in [6, 6.07) is 10.7. The van der Waals surface area contributed by atoms with Crippen LogP contribution in [0.15, 0.2) is 40.8 Å². The summed E-state index contributed by atoms with van der Waals surface area (Å²) >= 11 is 0.214. The molecule has 0 unspecified atom stereocenters. The number of fused-ring (bicyclic) bond motifs is 2. The number of carbonyl (C=O) groups excluding carboxylic acids is 1. The van der Waals surface area contributed by atoms with Gasteiger partial charge in [0.2, 0.25) is 0 Å². The average Bonchev–Trinajstić information content (AvgIpc) is 2.96. The zero-order valence-corrected chi connectivity index (χ0v) is 14.5. The Morgan fingerprint density at radius 3 is 2.64 bits per heavy atom. The van der Waals surface area contributed by atoms with Crippen LogP contribution in [0.4, 0.5) is 0 Å². The van der Waals surface area contributed by atoms with Gasteiger partial charge in [0.05, 0.1) is 0 Å². The van der Waals surface area contributed by atoms with Crippen LogP contribution < -0.4 is 0 Å². The fourth-order valence-electron chi connectivity index (χ4n) is 3.56. The molecule has 0 bridgehead atoms. The van der Waals surface area contributed by atoms with Gasteiger partial charge in [-0.15, -0.1) is 0 Å². The summed E-state index contributed by atoms with van der Waals surface area (Å²) in [6.07, 6.45) is 2.80. The van der Waals surface area contributed by atoms with Gasteiger partial charge >= 0.3 is 137 Å². The van der Waals surface area contributed by atoms with Crippen molar-refractivity contribution in [2.24, 2.45) is 0 Å².